The smallest absolute Gasteiger partial charge is 0.252 e. The van der Waals surface area contributed by atoms with Crippen molar-refractivity contribution in [1.82, 2.24) is 10.6 Å². The van der Waals surface area contributed by atoms with Crippen molar-refractivity contribution in [2.24, 2.45) is 0 Å². The van der Waals surface area contributed by atoms with E-state index in [9.17, 15) is 9.59 Å². The Kier molecular flexibility index (Phi) is 6.98. The minimum absolute atomic E-state index is 0.143. The quantitative estimate of drug-likeness (QED) is 0.367. The first-order valence-electron chi connectivity index (χ1n) is 11.3. The zero-order valence-corrected chi connectivity index (χ0v) is 20.0. The molecule has 0 radical (unpaired) electrons. The lowest BCUT2D eigenvalue weighted by Crippen LogP contribution is -2.46. The Hall–Kier alpha value is -3.52. The van der Waals surface area contributed by atoms with Crippen LogP contribution in [0.4, 0.5) is 0 Å². The molecule has 1 aliphatic heterocycles. The fourth-order valence-corrected chi connectivity index (χ4v) is 4.11. The van der Waals surface area contributed by atoms with Gasteiger partial charge in [0.05, 0.1) is 7.11 Å². The number of benzene rings is 2. The molecule has 0 saturated heterocycles. The van der Waals surface area contributed by atoms with Crippen LogP contribution in [0.5, 0.6) is 5.75 Å². The van der Waals surface area contributed by atoms with E-state index in [0.29, 0.717) is 24.0 Å². The summed E-state index contributed by atoms with van der Waals surface area (Å²) < 4.78 is 5.37. The highest BCUT2D eigenvalue weighted by molar-refractivity contribution is 6.09. The summed E-state index contributed by atoms with van der Waals surface area (Å²) >= 11 is 0. The molecular weight excluding hydrogens is 412 g/mol. The molecule has 0 spiro atoms. The summed E-state index contributed by atoms with van der Waals surface area (Å²) in [7, 11) is 1.63. The fourth-order valence-electron chi connectivity index (χ4n) is 4.11. The van der Waals surface area contributed by atoms with E-state index in [-0.39, 0.29) is 17.2 Å². The van der Waals surface area contributed by atoms with E-state index in [1.54, 1.807) is 37.5 Å². The van der Waals surface area contributed by atoms with E-state index in [2.05, 4.69) is 30.4 Å². The maximum atomic E-state index is 13.1. The molecule has 0 aliphatic carbocycles. The van der Waals surface area contributed by atoms with E-state index >= 15 is 0 Å². The van der Waals surface area contributed by atoms with E-state index in [4.69, 9.17) is 11.2 Å². The second-order valence-corrected chi connectivity index (χ2v) is 9.10. The van der Waals surface area contributed by atoms with Crippen LogP contribution < -0.4 is 15.4 Å². The van der Waals surface area contributed by atoms with Gasteiger partial charge in [0.2, 0.25) is 0 Å². The van der Waals surface area contributed by atoms with Crippen molar-refractivity contribution in [3.63, 3.8) is 0 Å². The summed E-state index contributed by atoms with van der Waals surface area (Å²) in [5, 5.41) is 6.42. The number of rotatable bonds is 7. The van der Waals surface area contributed by atoms with Gasteiger partial charge in [-0.05, 0) is 62.9 Å². The predicted molar refractivity (Wildman–Crippen MR) is 132 cm³/mol. The maximum Gasteiger partial charge on any atom is 0.252 e. The molecule has 1 amide bonds. The second kappa shape index (κ2) is 9.54. The summed E-state index contributed by atoms with van der Waals surface area (Å²) in [4.78, 5) is 25.7. The van der Waals surface area contributed by atoms with Crippen LogP contribution in [0.2, 0.25) is 0 Å². The first-order chi connectivity index (χ1) is 15.7. The number of hydrogen-bond donors (Lipinski definition) is 2. The third kappa shape index (κ3) is 5.28. The third-order valence-corrected chi connectivity index (χ3v) is 6.26. The van der Waals surface area contributed by atoms with Crippen LogP contribution in [0.3, 0.4) is 0 Å². The highest BCUT2D eigenvalue weighted by atomic mass is 16.5. The van der Waals surface area contributed by atoms with Crippen molar-refractivity contribution in [2.45, 2.75) is 58.0 Å². The summed E-state index contributed by atoms with van der Waals surface area (Å²) in [5.74, 6) is 3.06. The molecule has 1 heterocycles. The molecule has 2 aromatic rings. The van der Waals surface area contributed by atoms with Gasteiger partial charge in [-0.1, -0.05) is 38.0 Å². The van der Waals surface area contributed by atoms with Crippen molar-refractivity contribution in [3.05, 3.63) is 70.8 Å². The second-order valence-electron chi connectivity index (χ2n) is 9.10. The van der Waals surface area contributed by atoms with Gasteiger partial charge < -0.3 is 15.4 Å². The zero-order chi connectivity index (χ0) is 24.2. The summed E-state index contributed by atoms with van der Waals surface area (Å²) in [6.45, 7) is 8.11. The number of ketones is 1. The minimum Gasteiger partial charge on any atom is -0.497 e. The molecule has 172 valence electrons. The number of carbonyl (C=O) groups is 2. The number of nitrogens with one attached hydrogen (secondary N) is 2. The van der Waals surface area contributed by atoms with Crippen LogP contribution in [0.25, 0.3) is 5.70 Å². The Morgan fingerprint density at radius 1 is 1.15 bits per heavy atom. The molecule has 5 heteroatoms. The molecule has 0 saturated carbocycles. The van der Waals surface area contributed by atoms with Gasteiger partial charge >= 0.3 is 0 Å². The largest absolute Gasteiger partial charge is 0.497 e. The number of methoxy groups -OCH3 is 1. The number of amides is 1. The molecular formula is C28H32N2O3. The Morgan fingerprint density at radius 3 is 2.36 bits per heavy atom. The van der Waals surface area contributed by atoms with E-state index in [1.165, 1.54) is 0 Å². The number of ether oxygens (including phenoxy) is 1. The topological polar surface area (TPSA) is 67.4 Å². The first-order valence-corrected chi connectivity index (χ1v) is 11.3. The summed E-state index contributed by atoms with van der Waals surface area (Å²) in [5.41, 5.74) is 3.01. The van der Waals surface area contributed by atoms with Gasteiger partial charge in [-0.2, -0.15) is 0 Å². The molecule has 1 aliphatic rings. The molecule has 0 atom stereocenters. The van der Waals surface area contributed by atoms with Crippen LogP contribution in [0.1, 0.15) is 72.4 Å². The number of fused-ring (bicyclic) bond motifs is 1. The average Bonchev–Trinajstić information content (AvgIpc) is 2.81. The van der Waals surface area contributed by atoms with Crippen LogP contribution in [-0.2, 0) is 6.42 Å². The number of carbonyl (C=O) groups excluding carboxylic acids is 2. The van der Waals surface area contributed by atoms with E-state index < -0.39 is 5.54 Å². The van der Waals surface area contributed by atoms with Crippen molar-refractivity contribution in [1.29, 1.82) is 0 Å². The van der Waals surface area contributed by atoms with Gasteiger partial charge in [-0.15, -0.1) is 6.42 Å². The molecule has 0 fully saturated rings. The lowest BCUT2D eigenvalue weighted by atomic mass is 9.85. The van der Waals surface area contributed by atoms with Crippen LogP contribution >= 0.6 is 0 Å². The molecule has 0 bridgehead atoms. The Bertz CT molecular complexity index is 1120. The van der Waals surface area contributed by atoms with Gasteiger partial charge in [-0.3, -0.25) is 9.59 Å². The third-order valence-electron chi connectivity index (χ3n) is 6.26. The van der Waals surface area contributed by atoms with Crippen molar-refractivity contribution in [3.8, 4) is 18.1 Å². The zero-order valence-electron chi connectivity index (χ0n) is 20.0. The monoisotopic (exact) mass is 444 g/mol. The lowest BCUT2D eigenvalue weighted by Gasteiger charge is -2.35. The molecule has 33 heavy (non-hydrogen) atoms. The highest BCUT2D eigenvalue weighted by Crippen LogP contribution is 2.32. The Balaban J connectivity index is 1.85. The predicted octanol–water partition coefficient (Wildman–Crippen LogP) is 4.77. The van der Waals surface area contributed by atoms with Gasteiger partial charge in [0.1, 0.15) is 11.3 Å². The molecule has 0 unspecified atom stereocenters. The van der Waals surface area contributed by atoms with E-state index in [1.807, 2.05) is 32.0 Å². The Labute approximate surface area is 196 Å². The van der Waals surface area contributed by atoms with Crippen LogP contribution in [-0.4, -0.2) is 29.9 Å². The average molecular weight is 445 g/mol. The number of allylic oxidation sites excluding steroid dienone is 1. The fraction of sp³-hybridized carbons (Fsp3) is 0.357. The maximum absolute atomic E-state index is 13.1. The number of hydrogen-bond acceptors (Lipinski definition) is 4. The minimum atomic E-state index is -0.663. The van der Waals surface area contributed by atoms with Crippen molar-refractivity contribution in [2.75, 3.05) is 7.11 Å². The SMILES string of the molecule is C#CC(CC)(CC)NC(=O)c1ccc(C(=O)C=C2NC(C)(C)Cc3ccc(OC)cc32)cc1. The molecule has 5 nitrogen and oxygen atoms in total. The van der Waals surface area contributed by atoms with Crippen molar-refractivity contribution >= 4 is 17.4 Å². The van der Waals surface area contributed by atoms with Gasteiger partial charge in [0.25, 0.3) is 5.91 Å². The lowest BCUT2D eigenvalue weighted by molar-refractivity contribution is 0.0915. The van der Waals surface area contributed by atoms with E-state index in [0.717, 1.165) is 29.0 Å². The van der Waals surface area contributed by atoms with Gasteiger partial charge in [0.15, 0.2) is 5.78 Å². The van der Waals surface area contributed by atoms with Gasteiger partial charge in [0, 0.05) is 34.0 Å². The van der Waals surface area contributed by atoms with Gasteiger partial charge in [-0.25, -0.2) is 0 Å². The normalized spacial score (nSPS) is 15.7. The molecule has 2 N–H and O–H groups in total. The standard InChI is InChI=1S/C28H32N2O3/c1-7-28(8-2,9-3)30-26(32)20-12-10-19(11-13-20)25(31)17-24-23-16-22(33-6)15-14-21(23)18-27(4,5)29-24/h1,10-17,29H,8-9,18H2,2-6H3,(H,30,32). The molecule has 3 rings (SSSR count). The Morgan fingerprint density at radius 2 is 1.79 bits per heavy atom. The number of terminal acetylenes is 1. The molecule has 0 aromatic heterocycles. The highest BCUT2D eigenvalue weighted by Gasteiger charge is 2.29. The molecule has 2 aromatic carbocycles. The summed E-state index contributed by atoms with van der Waals surface area (Å²) in [6, 6.07) is 12.6. The first kappa shape index (κ1) is 24.1. The van der Waals surface area contributed by atoms with Crippen LogP contribution in [0, 0.1) is 12.3 Å². The van der Waals surface area contributed by atoms with Crippen molar-refractivity contribution < 1.29 is 14.3 Å². The summed E-state index contributed by atoms with van der Waals surface area (Å²) in [6.07, 6.45) is 9.40. The van der Waals surface area contributed by atoms with Crippen LogP contribution in [0.15, 0.2) is 48.5 Å².